The molecule has 104 valence electrons. The standard InChI is InChI=1S/C15H18N4O/c1-10-9-20-7-6-19(10)15-12(14(16)17)8-11-4-2-3-5-13(11)18-15/h2-5,8,10H,6-7,9H2,1H3,(H3,16,17). The van der Waals surface area contributed by atoms with Crippen LogP contribution in [-0.4, -0.2) is 36.6 Å². The van der Waals surface area contributed by atoms with Gasteiger partial charge in [-0.2, -0.15) is 0 Å². The summed E-state index contributed by atoms with van der Waals surface area (Å²) in [6.45, 7) is 4.22. The molecule has 0 amide bonds. The second kappa shape index (κ2) is 5.09. The highest BCUT2D eigenvalue weighted by Crippen LogP contribution is 2.26. The SMILES string of the molecule is CC1COCCN1c1nc2ccccc2cc1C(=N)N. The number of anilines is 1. The molecule has 1 fully saturated rings. The number of para-hydroxylation sites is 1. The minimum atomic E-state index is 0.0527. The number of fused-ring (bicyclic) bond motifs is 1. The minimum Gasteiger partial charge on any atom is -0.384 e. The van der Waals surface area contributed by atoms with Gasteiger partial charge in [0.25, 0.3) is 0 Å². The first-order chi connectivity index (χ1) is 9.66. The largest absolute Gasteiger partial charge is 0.384 e. The lowest BCUT2D eigenvalue weighted by Gasteiger charge is -2.35. The van der Waals surface area contributed by atoms with Gasteiger partial charge in [-0.05, 0) is 19.1 Å². The van der Waals surface area contributed by atoms with Gasteiger partial charge in [0.2, 0.25) is 0 Å². The highest BCUT2D eigenvalue weighted by Gasteiger charge is 2.24. The van der Waals surface area contributed by atoms with E-state index in [0.717, 1.165) is 23.3 Å². The molecule has 0 radical (unpaired) electrons. The van der Waals surface area contributed by atoms with Crippen molar-refractivity contribution in [1.29, 1.82) is 5.41 Å². The first-order valence-corrected chi connectivity index (χ1v) is 6.75. The summed E-state index contributed by atoms with van der Waals surface area (Å²) in [7, 11) is 0. The van der Waals surface area contributed by atoms with Gasteiger partial charge in [0.1, 0.15) is 11.7 Å². The van der Waals surface area contributed by atoms with Crippen LogP contribution in [0.4, 0.5) is 5.82 Å². The molecule has 2 aromatic rings. The van der Waals surface area contributed by atoms with Crippen LogP contribution in [0.25, 0.3) is 10.9 Å². The molecule has 1 aromatic heterocycles. The van der Waals surface area contributed by atoms with Gasteiger partial charge in [0, 0.05) is 11.9 Å². The topological polar surface area (TPSA) is 75.2 Å². The number of nitrogen functional groups attached to an aromatic ring is 1. The molecule has 1 unspecified atom stereocenters. The quantitative estimate of drug-likeness (QED) is 0.644. The van der Waals surface area contributed by atoms with Gasteiger partial charge >= 0.3 is 0 Å². The van der Waals surface area contributed by atoms with E-state index in [9.17, 15) is 0 Å². The summed E-state index contributed by atoms with van der Waals surface area (Å²) in [6.07, 6.45) is 0. The van der Waals surface area contributed by atoms with Crippen molar-refractivity contribution in [3.63, 3.8) is 0 Å². The van der Waals surface area contributed by atoms with Crippen molar-refractivity contribution in [3.05, 3.63) is 35.9 Å². The number of nitrogens with zero attached hydrogens (tertiary/aromatic N) is 2. The summed E-state index contributed by atoms with van der Waals surface area (Å²) in [6, 6.07) is 10.1. The van der Waals surface area contributed by atoms with Crippen molar-refractivity contribution in [2.75, 3.05) is 24.7 Å². The number of pyridine rings is 1. The number of morpholine rings is 1. The van der Waals surface area contributed by atoms with E-state index in [2.05, 4.69) is 11.8 Å². The summed E-state index contributed by atoms with van der Waals surface area (Å²) >= 11 is 0. The van der Waals surface area contributed by atoms with Crippen molar-refractivity contribution in [2.45, 2.75) is 13.0 Å². The highest BCUT2D eigenvalue weighted by molar-refractivity contribution is 6.03. The number of aromatic nitrogens is 1. The summed E-state index contributed by atoms with van der Waals surface area (Å²) in [5, 5.41) is 8.82. The number of benzene rings is 1. The normalized spacial score (nSPS) is 19.2. The molecule has 0 bridgehead atoms. The van der Waals surface area contributed by atoms with Gasteiger partial charge < -0.3 is 15.4 Å². The molecule has 0 saturated carbocycles. The van der Waals surface area contributed by atoms with E-state index in [-0.39, 0.29) is 11.9 Å². The van der Waals surface area contributed by atoms with E-state index in [1.807, 2.05) is 30.3 Å². The zero-order valence-electron chi connectivity index (χ0n) is 11.5. The zero-order valence-corrected chi connectivity index (χ0v) is 11.5. The number of rotatable bonds is 2. The number of amidine groups is 1. The van der Waals surface area contributed by atoms with Crippen LogP contribution in [0.1, 0.15) is 12.5 Å². The first-order valence-electron chi connectivity index (χ1n) is 6.75. The first kappa shape index (κ1) is 12.9. The zero-order chi connectivity index (χ0) is 14.1. The molecule has 0 aliphatic carbocycles. The molecule has 3 rings (SSSR count). The van der Waals surface area contributed by atoms with Gasteiger partial charge in [-0.1, -0.05) is 18.2 Å². The van der Waals surface area contributed by atoms with Gasteiger partial charge in [-0.3, -0.25) is 5.41 Å². The predicted octanol–water partition coefficient (Wildman–Crippen LogP) is 1.74. The molecule has 0 spiro atoms. The van der Waals surface area contributed by atoms with Crippen molar-refractivity contribution in [1.82, 2.24) is 4.98 Å². The fourth-order valence-corrected chi connectivity index (χ4v) is 2.56. The smallest absolute Gasteiger partial charge is 0.140 e. The van der Waals surface area contributed by atoms with Crippen molar-refractivity contribution in [3.8, 4) is 0 Å². The molecule has 1 aromatic carbocycles. The molecular formula is C15H18N4O. The van der Waals surface area contributed by atoms with E-state index in [1.54, 1.807) is 0 Å². The molecule has 1 aliphatic heterocycles. The fourth-order valence-electron chi connectivity index (χ4n) is 2.56. The van der Waals surface area contributed by atoms with Crippen molar-refractivity contribution >= 4 is 22.6 Å². The fraction of sp³-hybridized carbons (Fsp3) is 0.333. The second-order valence-electron chi connectivity index (χ2n) is 5.08. The third-order valence-corrected chi connectivity index (χ3v) is 3.63. The molecule has 5 nitrogen and oxygen atoms in total. The second-order valence-corrected chi connectivity index (χ2v) is 5.08. The molecule has 20 heavy (non-hydrogen) atoms. The Morgan fingerprint density at radius 3 is 3.00 bits per heavy atom. The summed E-state index contributed by atoms with van der Waals surface area (Å²) in [4.78, 5) is 6.89. The minimum absolute atomic E-state index is 0.0527. The maximum Gasteiger partial charge on any atom is 0.140 e. The highest BCUT2D eigenvalue weighted by atomic mass is 16.5. The Kier molecular flexibility index (Phi) is 3.28. The van der Waals surface area contributed by atoms with Crippen LogP contribution in [0.2, 0.25) is 0 Å². The van der Waals surface area contributed by atoms with Gasteiger partial charge in [-0.25, -0.2) is 4.98 Å². The Bertz CT molecular complexity index is 655. The Hall–Kier alpha value is -2.14. The van der Waals surface area contributed by atoms with E-state index in [4.69, 9.17) is 20.9 Å². The van der Waals surface area contributed by atoms with Crippen LogP contribution in [0.15, 0.2) is 30.3 Å². The lowest BCUT2D eigenvalue weighted by Crippen LogP contribution is -2.45. The Morgan fingerprint density at radius 2 is 2.25 bits per heavy atom. The summed E-state index contributed by atoms with van der Waals surface area (Å²) in [5.41, 5.74) is 7.36. The third kappa shape index (κ3) is 2.20. The Labute approximate surface area is 117 Å². The van der Waals surface area contributed by atoms with Crippen LogP contribution >= 0.6 is 0 Å². The number of hydrogen-bond donors (Lipinski definition) is 2. The maximum atomic E-state index is 7.82. The molecule has 1 aliphatic rings. The lowest BCUT2D eigenvalue weighted by atomic mass is 10.1. The number of nitrogens with two attached hydrogens (primary N) is 1. The van der Waals surface area contributed by atoms with Crippen LogP contribution in [0.3, 0.4) is 0 Å². The molecular weight excluding hydrogens is 252 g/mol. The summed E-state index contributed by atoms with van der Waals surface area (Å²) in [5.74, 6) is 0.837. The van der Waals surface area contributed by atoms with Gasteiger partial charge in [0.05, 0.1) is 30.3 Å². The van der Waals surface area contributed by atoms with E-state index < -0.39 is 0 Å². The molecule has 1 atom stereocenters. The Morgan fingerprint density at radius 1 is 1.45 bits per heavy atom. The molecule has 2 heterocycles. The van der Waals surface area contributed by atoms with Crippen LogP contribution in [0, 0.1) is 5.41 Å². The maximum absolute atomic E-state index is 7.82. The van der Waals surface area contributed by atoms with Gasteiger partial charge in [0.15, 0.2) is 0 Å². The van der Waals surface area contributed by atoms with E-state index >= 15 is 0 Å². The predicted molar refractivity (Wildman–Crippen MR) is 80.4 cm³/mol. The van der Waals surface area contributed by atoms with Crippen LogP contribution in [0.5, 0.6) is 0 Å². The molecule has 5 heteroatoms. The van der Waals surface area contributed by atoms with Crippen LogP contribution < -0.4 is 10.6 Å². The molecule has 3 N–H and O–H groups in total. The average Bonchev–Trinajstić information content (AvgIpc) is 2.46. The van der Waals surface area contributed by atoms with Crippen LogP contribution in [-0.2, 0) is 4.74 Å². The number of nitrogens with one attached hydrogen (secondary N) is 1. The van der Waals surface area contributed by atoms with Crippen molar-refractivity contribution in [2.24, 2.45) is 5.73 Å². The number of hydrogen-bond acceptors (Lipinski definition) is 4. The van der Waals surface area contributed by atoms with E-state index in [0.29, 0.717) is 18.8 Å². The van der Waals surface area contributed by atoms with E-state index in [1.165, 1.54) is 0 Å². The Balaban J connectivity index is 2.16. The third-order valence-electron chi connectivity index (χ3n) is 3.63. The summed E-state index contributed by atoms with van der Waals surface area (Å²) < 4.78 is 5.47. The van der Waals surface area contributed by atoms with Crippen molar-refractivity contribution < 1.29 is 4.74 Å². The van der Waals surface area contributed by atoms with Gasteiger partial charge in [-0.15, -0.1) is 0 Å². The number of ether oxygens (including phenoxy) is 1. The lowest BCUT2D eigenvalue weighted by molar-refractivity contribution is 0.0985. The molecule has 1 saturated heterocycles. The monoisotopic (exact) mass is 270 g/mol. The average molecular weight is 270 g/mol.